The molecule has 0 saturated heterocycles. The third kappa shape index (κ3) is 2.93. The number of ether oxygens (including phenoxy) is 1. The van der Waals surface area contributed by atoms with Crippen LogP contribution in [0, 0.1) is 0 Å². The zero-order chi connectivity index (χ0) is 12.9. The van der Waals surface area contributed by atoms with Gasteiger partial charge in [0.1, 0.15) is 11.6 Å². The smallest absolute Gasteiger partial charge is 0.329 e. The maximum Gasteiger partial charge on any atom is 0.329 e. The van der Waals surface area contributed by atoms with E-state index in [9.17, 15) is 9.59 Å². The first-order chi connectivity index (χ1) is 7.32. The van der Waals surface area contributed by atoms with Crippen LogP contribution in [0.2, 0.25) is 0 Å². The second kappa shape index (κ2) is 5.81. The fourth-order valence-electron chi connectivity index (χ4n) is 1.41. The molecule has 0 fully saturated rings. The van der Waals surface area contributed by atoms with Gasteiger partial charge in [0.15, 0.2) is 0 Å². The van der Waals surface area contributed by atoms with Crippen LogP contribution in [0.15, 0.2) is 0 Å². The minimum absolute atomic E-state index is 0.0293. The van der Waals surface area contributed by atoms with Gasteiger partial charge in [0.05, 0.1) is 0 Å². The van der Waals surface area contributed by atoms with E-state index in [1.165, 1.54) is 25.9 Å². The van der Waals surface area contributed by atoms with Crippen molar-refractivity contribution in [1.29, 1.82) is 0 Å². The van der Waals surface area contributed by atoms with Crippen LogP contribution in [-0.2, 0) is 14.3 Å². The minimum Gasteiger partial charge on any atom is -0.480 e. The van der Waals surface area contributed by atoms with Crippen LogP contribution in [0.25, 0.3) is 0 Å². The van der Waals surface area contributed by atoms with Crippen LogP contribution in [0.5, 0.6) is 0 Å². The molecule has 0 spiro atoms. The molecule has 0 aliphatic heterocycles. The highest BCUT2D eigenvalue weighted by atomic mass is 16.5. The van der Waals surface area contributed by atoms with Crippen molar-refractivity contribution in [2.24, 2.45) is 5.73 Å². The van der Waals surface area contributed by atoms with E-state index in [2.05, 4.69) is 0 Å². The molecular weight excluding hydrogens is 212 g/mol. The van der Waals surface area contributed by atoms with Crippen LogP contribution in [-0.4, -0.2) is 53.7 Å². The molecular formula is C10H20N2O4. The maximum absolute atomic E-state index is 11.9. The van der Waals surface area contributed by atoms with Gasteiger partial charge in [-0.15, -0.1) is 0 Å². The van der Waals surface area contributed by atoms with Crippen molar-refractivity contribution < 1.29 is 19.4 Å². The molecule has 0 aliphatic carbocycles. The summed E-state index contributed by atoms with van der Waals surface area (Å²) in [4.78, 5) is 24.3. The summed E-state index contributed by atoms with van der Waals surface area (Å²) in [6.07, 6.45) is -0.793. The molecule has 0 aromatic heterocycles. The third-order valence-corrected chi connectivity index (χ3v) is 2.55. The number of nitrogens with two attached hydrogens (primary N) is 1. The summed E-state index contributed by atoms with van der Waals surface area (Å²) in [6, 6.07) is 0. The summed E-state index contributed by atoms with van der Waals surface area (Å²) >= 11 is 0. The van der Waals surface area contributed by atoms with Crippen molar-refractivity contribution in [1.82, 2.24) is 4.90 Å². The Morgan fingerprint density at radius 1 is 1.50 bits per heavy atom. The Morgan fingerprint density at radius 2 is 2.00 bits per heavy atom. The monoisotopic (exact) mass is 232 g/mol. The van der Waals surface area contributed by atoms with E-state index in [0.717, 1.165) is 0 Å². The topological polar surface area (TPSA) is 92.9 Å². The fraction of sp³-hybridized carbons (Fsp3) is 0.800. The summed E-state index contributed by atoms with van der Waals surface area (Å²) < 4.78 is 4.91. The van der Waals surface area contributed by atoms with E-state index in [1.54, 1.807) is 6.92 Å². The molecule has 0 aromatic carbocycles. The first-order valence-corrected chi connectivity index (χ1v) is 5.10. The summed E-state index contributed by atoms with van der Waals surface area (Å²) in [6.45, 7) is 4.98. The molecule has 0 radical (unpaired) electrons. The van der Waals surface area contributed by atoms with Crippen molar-refractivity contribution in [3.8, 4) is 0 Å². The molecule has 94 valence electrons. The van der Waals surface area contributed by atoms with Gasteiger partial charge in [-0.3, -0.25) is 4.79 Å². The van der Waals surface area contributed by atoms with Gasteiger partial charge in [-0.2, -0.15) is 0 Å². The Bertz CT molecular complexity index is 262. The molecule has 0 bridgehead atoms. The van der Waals surface area contributed by atoms with Gasteiger partial charge in [-0.1, -0.05) is 0 Å². The van der Waals surface area contributed by atoms with E-state index >= 15 is 0 Å². The zero-order valence-electron chi connectivity index (χ0n) is 10.2. The molecule has 6 nitrogen and oxygen atoms in total. The number of hydrogen-bond donors (Lipinski definition) is 2. The second-order valence-electron chi connectivity index (χ2n) is 3.91. The highest BCUT2D eigenvalue weighted by Gasteiger charge is 2.39. The first kappa shape index (κ1) is 14.9. The van der Waals surface area contributed by atoms with Crippen LogP contribution >= 0.6 is 0 Å². The van der Waals surface area contributed by atoms with Crippen LogP contribution in [0.3, 0.4) is 0 Å². The number of methoxy groups -OCH3 is 1. The number of rotatable bonds is 6. The molecule has 0 aromatic rings. The van der Waals surface area contributed by atoms with E-state index in [4.69, 9.17) is 15.6 Å². The standard InChI is InChI=1S/C10H20N2O4/c1-5-12(10(2,3)9(14)15)8(13)7(6-11)16-4/h7H,5-6,11H2,1-4H3,(H,14,15). The van der Waals surface area contributed by atoms with Gasteiger partial charge in [-0.25, -0.2) is 4.79 Å². The number of carbonyl (C=O) groups is 2. The number of nitrogens with zero attached hydrogens (tertiary/aromatic N) is 1. The molecule has 16 heavy (non-hydrogen) atoms. The third-order valence-electron chi connectivity index (χ3n) is 2.55. The summed E-state index contributed by atoms with van der Waals surface area (Å²) in [5, 5.41) is 9.05. The Morgan fingerprint density at radius 3 is 2.25 bits per heavy atom. The van der Waals surface area contributed by atoms with Gasteiger partial charge in [0.2, 0.25) is 0 Å². The number of aliphatic carboxylic acids is 1. The molecule has 1 amide bonds. The molecule has 0 aliphatic rings. The number of carboxylic acids is 1. The highest BCUT2D eigenvalue weighted by Crippen LogP contribution is 2.16. The molecule has 1 atom stereocenters. The molecule has 0 heterocycles. The Balaban J connectivity index is 5.00. The Kier molecular flexibility index (Phi) is 5.40. The molecule has 3 N–H and O–H groups in total. The highest BCUT2D eigenvalue weighted by molar-refractivity contribution is 5.88. The average molecular weight is 232 g/mol. The largest absolute Gasteiger partial charge is 0.480 e. The molecule has 0 rings (SSSR count). The number of likely N-dealkylation sites (N-methyl/N-ethyl adjacent to an activating group) is 1. The summed E-state index contributed by atoms with van der Waals surface area (Å²) in [5.41, 5.74) is 4.11. The molecule has 1 unspecified atom stereocenters. The minimum atomic E-state index is -1.27. The lowest BCUT2D eigenvalue weighted by molar-refractivity contribution is -0.161. The van der Waals surface area contributed by atoms with E-state index in [-0.39, 0.29) is 13.1 Å². The van der Waals surface area contributed by atoms with Crippen LogP contribution in [0.4, 0.5) is 0 Å². The second-order valence-corrected chi connectivity index (χ2v) is 3.91. The lowest BCUT2D eigenvalue weighted by Gasteiger charge is -2.36. The lowest BCUT2D eigenvalue weighted by atomic mass is 10.0. The van der Waals surface area contributed by atoms with E-state index in [1.807, 2.05) is 0 Å². The molecule has 0 saturated carbocycles. The summed E-state index contributed by atoms with van der Waals surface area (Å²) in [7, 11) is 1.37. The van der Waals surface area contributed by atoms with Crippen molar-refractivity contribution in [2.75, 3.05) is 20.2 Å². The number of hydrogen-bond acceptors (Lipinski definition) is 4. The predicted octanol–water partition coefficient (Wildman–Crippen LogP) is -0.328. The van der Waals surface area contributed by atoms with Crippen molar-refractivity contribution in [2.45, 2.75) is 32.4 Å². The quantitative estimate of drug-likeness (QED) is 0.654. The zero-order valence-corrected chi connectivity index (χ0v) is 10.2. The Labute approximate surface area is 95.4 Å². The van der Waals surface area contributed by atoms with Gasteiger partial charge in [0, 0.05) is 20.2 Å². The summed E-state index contributed by atoms with van der Waals surface area (Å²) in [5.74, 6) is -1.46. The lowest BCUT2D eigenvalue weighted by Crippen LogP contribution is -2.57. The first-order valence-electron chi connectivity index (χ1n) is 5.10. The average Bonchev–Trinajstić information content (AvgIpc) is 2.19. The van der Waals surface area contributed by atoms with Crippen molar-refractivity contribution in [3.05, 3.63) is 0 Å². The number of carbonyl (C=O) groups excluding carboxylic acids is 1. The van der Waals surface area contributed by atoms with Crippen LogP contribution in [0.1, 0.15) is 20.8 Å². The SMILES string of the molecule is CCN(C(=O)C(CN)OC)C(C)(C)C(=O)O. The van der Waals surface area contributed by atoms with Crippen LogP contribution < -0.4 is 5.73 Å². The van der Waals surface area contributed by atoms with Gasteiger partial charge >= 0.3 is 5.97 Å². The fourth-order valence-corrected chi connectivity index (χ4v) is 1.41. The van der Waals surface area contributed by atoms with Gasteiger partial charge in [-0.05, 0) is 20.8 Å². The number of carboxylic acid groups (broad SMARTS) is 1. The van der Waals surface area contributed by atoms with E-state index < -0.39 is 23.5 Å². The van der Waals surface area contributed by atoms with E-state index in [0.29, 0.717) is 0 Å². The van der Waals surface area contributed by atoms with Crippen molar-refractivity contribution in [3.63, 3.8) is 0 Å². The van der Waals surface area contributed by atoms with Gasteiger partial charge < -0.3 is 20.5 Å². The predicted molar refractivity (Wildman–Crippen MR) is 59.0 cm³/mol. The normalized spacial score (nSPS) is 13.3. The Hall–Kier alpha value is -1.14. The van der Waals surface area contributed by atoms with Crippen molar-refractivity contribution >= 4 is 11.9 Å². The van der Waals surface area contributed by atoms with Gasteiger partial charge in [0.25, 0.3) is 5.91 Å². The molecule has 6 heteroatoms. The number of amides is 1. The maximum atomic E-state index is 11.9.